The van der Waals surface area contributed by atoms with Crippen LogP contribution in [0.2, 0.25) is 5.15 Å². The number of halogens is 1. The maximum absolute atomic E-state index is 6.12. The van der Waals surface area contributed by atoms with Gasteiger partial charge in [-0.15, -0.1) is 0 Å². The van der Waals surface area contributed by atoms with Crippen LogP contribution in [0.15, 0.2) is 6.07 Å². The third-order valence-electron chi connectivity index (χ3n) is 3.28. The fourth-order valence-electron chi connectivity index (χ4n) is 2.31. The van der Waals surface area contributed by atoms with E-state index in [0.717, 1.165) is 37.4 Å². The molecule has 0 aliphatic heterocycles. The Kier molecular flexibility index (Phi) is 6.56. The fraction of sp³-hybridized carbons (Fsp3) is 0.733. The smallest absolute Gasteiger partial charge is 0.134 e. The van der Waals surface area contributed by atoms with Gasteiger partial charge in [-0.2, -0.15) is 0 Å². The lowest BCUT2D eigenvalue weighted by molar-refractivity contribution is 0.502. The van der Waals surface area contributed by atoms with Crippen LogP contribution in [0.5, 0.6) is 0 Å². The topological polar surface area (TPSA) is 29.0 Å². The molecule has 4 heteroatoms. The number of aryl methyl sites for hydroxylation is 1. The van der Waals surface area contributed by atoms with Gasteiger partial charge in [0.2, 0.25) is 0 Å². The van der Waals surface area contributed by atoms with Crippen LogP contribution in [-0.4, -0.2) is 22.6 Å². The second kappa shape index (κ2) is 7.68. The van der Waals surface area contributed by atoms with Gasteiger partial charge in [-0.1, -0.05) is 46.2 Å². The first-order chi connectivity index (χ1) is 9.01. The zero-order valence-electron chi connectivity index (χ0n) is 12.8. The summed E-state index contributed by atoms with van der Waals surface area (Å²) < 4.78 is 0. The Balaban J connectivity index is 3.11. The van der Waals surface area contributed by atoms with Gasteiger partial charge in [0, 0.05) is 25.1 Å². The molecule has 0 unspecified atom stereocenters. The molecule has 0 aliphatic carbocycles. The molecule has 0 spiro atoms. The Bertz CT molecular complexity index is 389. The van der Waals surface area contributed by atoms with E-state index in [-0.39, 0.29) is 0 Å². The SMILES string of the molecule is CCc1nc(Cl)cc(N(CC(C)C)C(CC)CC)n1. The first-order valence-electron chi connectivity index (χ1n) is 7.31. The zero-order chi connectivity index (χ0) is 14.4. The second-order valence-corrected chi connectivity index (χ2v) is 5.72. The molecule has 0 aromatic carbocycles. The minimum atomic E-state index is 0.512. The van der Waals surface area contributed by atoms with Crippen molar-refractivity contribution in [1.82, 2.24) is 9.97 Å². The molecule has 1 heterocycles. The first kappa shape index (κ1) is 16.2. The number of anilines is 1. The lowest BCUT2D eigenvalue weighted by Gasteiger charge is -2.33. The summed E-state index contributed by atoms with van der Waals surface area (Å²) in [5, 5.41) is 0.543. The van der Waals surface area contributed by atoms with Crippen LogP contribution in [0.25, 0.3) is 0 Å². The fourth-order valence-corrected chi connectivity index (χ4v) is 2.50. The highest BCUT2D eigenvalue weighted by Gasteiger charge is 2.19. The van der Waals surface area contributed by atoms with Gasteiger partial charge in [-0.25, -0.2) is 9.97 Å². The molecule has 0 saturated heterocycles. The summed E-state index contributed by atoms with van der Waals surface area (Å²) in [7, 11) is 0. The summed E-state index contributed by atoms with van der Waals surface area (Å²) in [5.41, 5.74) is 0. The van der Waals surface area contributed by atoms with Crippen LogP contribution >= 0.6 is 11.6 Å². The molecule has 108 valence electrons. The van der Waals surface area contributed by atoms with Crippen molar-refractivity contribution in [2.45, 2.75) is 59.9 Å². The summed E-state index contributed by atoms with van der Waals surface area (Å²) in [6.45, 7) is 12.0. The van der Waals surface area contributed by atoms with Gasteiger partial charge in [-0.3, -0.25) is 0 Å². The van der Waals surface area contributed by atoms with E-state index in [4.69, 9.17) is 11.6 Å². The molecule has 0 saturated carbocycles. The Morgan fingerprint density at radius 1 is 1.16 bits per heavy atom. The number of hydrogen-bond acceptors (Lipinski definition) is 3. The van der Waals surface area contributed by atoms with Crippen molar-refractivity contribution in [3.63, 3.8) is 0 Å². The molecule has 0 fully saturated rings. The van der Waals surface area contributed by atoms with Gasteiger partial charge >= 0.3 is 0 Å². The van der Waals surface area contributed by atoms with E-state index in [9.17, 15) is 0 Å². The molecule has 1 aromatic heterocycles. The van der Waals surface area contributed by atoms with Crippen molar-refractivity contribution in [1.29, 1.82) is 0 Å². The Morgan fingerprint density at radius 3 is 2.26 bits per heavy atom. The van der Waals surface area contributed by atoms with Crippen LogP contribution in [0.4, 0.5) is 5.82 Å². The van der Waals surface area contributed by atoms with E-state index in [2.05, 4.69) is 49.5 Å². The molecular weight excluding hydrogens is 258 g/mol. The molecule has 0 amide bonds. The number of rotatable bonds is 7. The van der Waals surface area contributed by atoms with Crippen molar-refractivity contribution < 1.29 is 0 Å². The standard InChI is InChI=1S/C15H26ClN3/c1-6-12(7-2)19(10-11(4)5)15-9-13(16)17-14(8-3)18-15/h9,11-12H,6-8,10H2,1-5H3. The Labute approximate surface area is 122 Å². The van der Waals surface area contributed by atoms with Crippen LogP contribution < -0.4 is 4.90 Å². The van der Waals surface area contributed by atoms with Crippen molar-refractivity contribution in [3.8, 4) is 0 Å². The number of nitrogens with zero attached hydrogens (tertiary/aromatic N) is 3. The summed E-state index contributed by atoms with van der Waals surface area (Å²) in [6, 6.07) is 2.40. The van der Waals surface area contributed by atoms with Crippen LogP contribution in [-0.2, 0) is 6.42 Å². The van der Waals surface area contributed by atoms with Gasteiger partial charge < -0.3 is 4.90 Å². The zero-order valence-corrected chi connectivity index (χ0v) is 13.5. The quantitative estimate of drug-likeness (QED) is 0.697. The average molecular weight is 284 g/mol. The minimum Gasteiger partial charge on any atom is -0.353 e. The summed E-state index contributed by atoms with van der Waals surface area (Å²) in [5.74, 6) is 2.39. The normalized spacial score (nSPS) is 11.4. The van der Waals surface area contributed by atoms with Gasteiger partial charge in [0.25, 0.3) is 0 Å². The second-order valence-electron chi connectivity index (χ2n) is 5.34. The minimum absolute atomic E-state index is 0.512. The van der Waals surface area contributed by atoms with E-state index >= 15 is 0 Å². The highest BCUT2D eigenvalue weighted by atomic mass is 35.5. The lowest BCUT2D eigenvalue weighted by Crippen LogP contribution is -2.38. The van der Waals surface area contributed by atoms with E-state index in [0.29, 0.717) is 17.1 Å². The molecular formula is C15H26ClN3. The largest absolute Gasteiger partial charge is 0.353 e. The van der Waals surface area contributed by atoms with Gasteiger partial charge in [0.05, 0.1) is 0 Å². The van der Waals surface area contributed by atoms with Crippen molar-refractivity contribution in [2.75, 3.05) is 11.4 Å². The van der Waals surface area contributed by atoms with Crippen molar-refractivity contribution in [2.24, 2.45) is 5.92 Å². The lowest BCUT2D eigenvalue weighted by atomic mass is 10.1. The number of hydrogen-bond donors (Lipinski definition) is 0. The van der Waals surface area contributed by atoms with Crippen molar-refractivity contribution in [3.05, 3.63) is 17.0 Å². The molecule has 0 bridgehead atoms. The summed E-state index contributed by atoms with van der Waals surface area (Å²) >= 11 is 6.12. The predicted molar refractivity (Wildman–Crippen MR) is 83.0 cm³/mol. The molecule has 0 aliphatic rings. The van der Waals surface area contributed by atoms with E-state index in [1.54, 1.807) is 0 Å². The monoisotopic (exact) mass is 283 g/mol. The maximum Gasteiger partial charge on any atom is 0.134 e. The molecule has 0 atom stereocenters. The van der Waals surface area contributed by atoms with Gasteiger partial charge in [0.15, 0.2) is 0 Å². The van der Waals surface area contributed by atoms with Crippen LogP contribution in [0, 0.1) is 5.92 Å². The predicted octanol–water partition coefficient (Wildman–Crippen LogP) is 4.34. The molecule has 0 N–H and O–H groups in total. The Morgan fingerprint density at radius 2 is 1.79 bits per heavy atom. The molecule has 3 nitrogen and oxygen atoms in total. The van der Waals surface area contributed by atoms with E-state index in [1.807, 2.05) is 6.07 Å². The first-order valence-corrected chi connectivity index (χ1v) is 7.69. The van der Waals surface area contributed by atoms with Crippen LogP contribution in [0.3, 0.4) is 0 Å². The Hall–Kier alpha value is -0.830. The molecule has 0 radical (unpaired) electrons. The van der Waals surface area contributed by atoms with Gasteiger partial charge in [0.1, 0.15) is 16.8 Å². The third kappa shape index (κ3) is 4.64. The van der Waals surface area contributed by atoms with E-state index in [1.165, 1.54) is 0 Å². The molecule has 1 rings (SSSR count). The molecule has 19 heavy (non-hydrogen) atoms. The van der Waals surface area contributed by atoms with E-state index < -0.39 is 0 Å². The van der Waals surface area contributed by atoms with Crippen molar-refractivity contribution >= 4 is 17.4 Å². The average Bonchev–Trinajstić information content (AvgIpc) is 2.37. The third-order valence-corrected chi connectivity index (χ3v) is 3.48. The maximum atomic E-state index is 6.12. The van der Waals surface area contributed by atoms with Gasteiger partial charge in [-0.05, 0) is 18.8 Å². The highest BCUT2D eigenvalue weighted by Crippen LogP contribution is 2.22. The molecule has 1 aromatic rings. The number of aromatic nitrogens is 2. The summed E-state index contributed by atoms with van der Waals surface area (Å²) in [4.78, 5) is 11.3. The highest BCUT2D eigenvalue weighted by molar-refractivity contribution is 6.29. The summed E-state index contributed by atoms with van der Waals surface area (Å²) in [6.07, 6.45) is 3.05. The van der Waals surface area contributed by atoms with Crippen LogP contribution in [0.1, 0.15) is 53.3 Å².